The molecule has 0 fully saturated rings. The van der Waals surface area contributed by atoms with Crippen LogP contribution in [0.2, 0.25) is 0 Å². The molecule has 0 spiro atoms. The summed E-state index contributed by atoms with van der Waals surface area (Å²) in [6, 6.07) is 5.40. The Morgan fingerprint density at radius 2 is 2.00 bits per heavy atom. The molecule has 114 valence electrons. The van der Waals surface area contributed by atoms with E-state index in [2.05, 4.69) is 15.9 Å². The molecule has 0 bridgehead atoms. The van der Waals surface area contributed by atoms with Crippen LogP contribution in [0.5, 0.6) is 0 Å². The molecular formula is C14H17BrN2O2S2. The minimum atomic E-state index is -3.61. The molecule has 4 nitrogen and oxygen atoms in total. The lowest BCUT2D eigenvalue weighted by molar-refractivity contribution is 0.469. The quantitative estimate of drug-likeness (QED) is 0.814. The molecule has 2 aromatic rings. The Labute approximate surface area is 137 Å². The number of benzene rings is 1. The molecule has 1 aromatic heterocycles. The van der Waals surface area contributed by atoms with Crippen LogP contribution in [-0.4, -0.2) is 19.8 Å². The van der Waals surface area contributed by atoms with Crippen molar-refractivity contribution in [2.24, 2.45) is 0 Å². The highest BCUT2D eigenvalue weighted by atomic mass is 79.9. The summed E-state index contributed by atoms with van der Waals surface area (Å²) in [6.07, 6.45) is 0. The van der Waals surface area contributed by atoms with Gasteiger partial charge >= 0.3 is 0 Å². The average Bonchev–Trinajstić information content (AvgIpc) is 2.79. The van der Waals surface area contributed by atoms with Crippen molar-refractivity contribution in [2.75, 3.05) is 12.8 Å². The maximum atomic E-state index is 12.8. The number of hydrogen-bond donors (Lipinski definition) is 1. The van der Waals surface area contributed by atoms with Gasteiger partial charge in [-0.1, -0.05) is 6.07 Å². The summed E-state index contributed by atoms with van der Waals surface area (Å²) in [6.45, 7) is 3.99. The molecule has 0 aliphatic rings. The summed E-state index contributed by atoms with van der Waals surface area (Å²) >= 11 is 4.89. The third-order valence-electron chi connectivity index (χ3n) is 3.38. The largest absolute Gasteiger partial charge is 0.398 e. The third kappa shape index (κ3) is 3.31. The summed E-state index contributed by atoms with van der Waals surface area (Å²) in [5.74, 6) is 0. The van der Waals surface area contributed by atoms with Gasteiger partial charge in [0.2, 0.25) is 10.0 Å². The van der Waals surface area contributed by atoms with Crippen LogP contribution in [0.4, 0.5) is 5.69 Å². The molecule has 7 heteroatoms. The maximum absolute atomic E-state index is 12.8. The second-order valence-electron chi connectivity index (χ2n) is 4.92. The monoisotopic (exact) mass is 388 g/mol. The molecule has 2 rings (SSSR count). The van der Waals surface area contributed by atoms with Crippen molar-refractivity contribution in [2.45, 2.75) is 25.3 Å². The van der Waals surface area contributed by atoms with E-state index in [1.165, 1.54) is 15.6 Å². The van der Waals surface area contributed by atoms with Crippen molar-refractivity contribution in [3.63, 3.8) is 0 Å². The number of nitrogens with zero attached hydrogens (tertiary/aromatic N) is 1. The fraction of sp³-hybridized carbons (Fsp3) is 0.286. The Hall–Kier alpha value is -0.890. The van der Waals surface area contributed by atoms with E-state index in [0.717, 1.165) is 14.9 Å². The smallest absolute Gasteiger partial charge is 0.245 e. The van der Waals surface area contributed by atoms with Crippen LogP contribution < -0.4 is 5.73 Å². The van der Waals surface area contributed by atoms with Crippen LogP contribution in [0.3, 0.4) is 0 Å². The Bertz CT molecular complexity index is 769. The summed E-state index contributed by atoms with van der Waals surface area (Å²) in [4.78, 5) is 1.18. The Morgan fingerprint density at radius 1 is 1.33 bits per heavy atom. The number of halogens is 1. The highest BCUT2D eigenvalue weighted by Gasteiger charge is 2.26. The van der Waals surface area contributed by atoms with Crippen molar-refractivity contribution in [3.8, 4) is 0 Å². The van der Waals surface area contributed by atoms with Gasteiger partial charge in [0.1, 0.15) is 4.90 Å². The highest BCUT2D eigenvalue weighted by molar-refractivity contribution is 9.10. The predicted octanol–water partition coefficient (Wildman–Crippen LogP) is 3.53. The molecule has 0 atom stereocenters. The van der Waals surface area contributed by atoms with E-state index >= 15 is 0 Å². The lowest BCUT2D eigenvalue weighted by Gasteiger charge is -2.20. The van der Waals surface area contributed by atoms with Gasteiger partial charge in [-0.3, -0.25) is 0 Å². The van der Waals surface area contributed by atoms with E-state index in [0.29, 0.717) is 12.1 Å². The molecule has 21 heavy (non-hydrogen) atoms. The van der Waals surface area contributed by atoms with E-state index in [1.54, 1.807) is 20.0 Å². The fourth-order valence-corrected chi connectivity index (χ4v) is 5.17. The molecule has 2 N–H and O–H groups in total. The normalized spacial score (nSPS) is 12.0. The Morgan fingerprint density at radius 3 is 2.57 bits per heavy atom. The molecule has 0 unspecified atom stereocenters. The van der Waals surface area contributed by atoms with Gasteiger partial charge in [-0.25, -0.2) is 8.42 Å². The van der Waals surface area contributed by atoms with Crippen LogP contribution in [0, 0.1) is 13.8 Å². The van der Waals surface area contributed by atoms with Gasteiger partial charge in [0.25, 0.3) is 0 Å². The SMILES string of the molecule is Cc1ccc(N)c(S(=O)(=O)N(C)Cc2cc(Br)cs2)c1C. The Balaban J connectivity index is 2.40. The van der Waals surface area contributed by atoms with Gasteiger partial charge < -0.3 is 5.73 Å². The number of nitrogens with two attached hydrogens (primary N) is 1. The summed E-state index contributed by atoms with van der Waals surface area (Å²) < 4.78 is 27.8. The standard InChI is InChI=1S/C14H17BrN2O2S2/c1-9-4-5-13(16)14(10(9)2)21(18,19)17(3)7-12-6-11(15)8-20-12/h4-6,8H,7,16H2,1-3H3. The zero-order chi connectivity index (χ0) is 15.8. The van der Waals surface area contributed by atoms with Crippen LogP contribution >= 0.6 is 27.3 Å². The van der Waals surface area contributed by atoms with Gasteiger partial charge in [0.05, 0.1) is 5.69 Å². The maximum Gasteiger partial charge on any atom is 0.245 e. The lowest BCUT2D eigenvalue weighted by Crippen LogP contribution is -2.27. The molecule has 1 heterocycles. The van der Waals surface area contributed by atoms with E-state index in [1.807, 2.05) is 24.4 Å². The minimum Gasteiger partial charge on any atom is -0.398 e. The topological polar surface area (TPSA) is 63.4 Å². The van der Waals surface area contributed by atoms with Gasteiger partial charge in [-0.2, -0.15) is 4.31 Å². The highest BCUT2D eigenvalue weighted by Crippen LogP contribution is 2.29. The second-order valence-corrected chi connectivity index (χ2v) is 8.81. The number of hydrogen-bond acceptors (Lipinski definition) is 4. The predicted molar refractivity (Wildman–Crippen MR) is 91.0 cm³/mol. The zero-order valence-corrected chi connectivity index (χ0v) is 15.3. The number of nitrogen functional groups attached to an aromatic ring is 1. The molecule has 1 aromatic carbocycles. The molecule has 0 saturated heterocycles. The number of aryl methyl sites for hydroxylation is 1. The summed E-state index contributed by atoms with van der Waals surface area (Å²) in [7, 11) is -2.04. The first-order valence-corrected chi connectivity index (χ1v) is 9.39. The third-order valence-corrected chi connectivity index (χ3v) is 7.07. The van der Waals surface area contributed by atoms with Gasteiger partial charge in [-0.05, 0) is 53.0 Å². The fourth-order valence-electron chi connectivity index (χ4n) is 2.05. The van der Waals surface area contributed by atoms with Crippen molar-refractivity contribution >= 4 is 43.0 Å². The van der Waals surface area contributed by atoms with E-state index in [9.17, 15) is 8.42 Å². The number of anilines is 1. The molecule has 0 aliphatic heterocycles. The molecular weight excluding hydrogens is 372 g/mol. The van der Waals surface area contributed by atoms with Gasteiger partial charge in [-0.15, -0.1) is 11.3 Å². The minimum absolute atomic E-state index is 0.209. The van der Waals surface area contributed by atoms with Crippen molar-refractivity contribution in [1.82, 2.24) is 4.31 Å². The van der Waals surface area contributed by atoms with Gasteiger partial charge in [0, 0.05) is 28.3 Å². The van der Waals surface area contributed by atoms with Crippen LogP contribution in [-0.2, 0) is 16.6 Å². The Kier molecular flexibility index (Phi) is 4.77. The first kappa shape index (κ1) is 16.5. The number of rotatable bonds is 4. The first-order valence-electron chi connectivity index (χ1n) is 6.28. The lowest BCUT2D eigenvalue weighted by atomic mass is 10.1. The summed E-state index contributed by atoms with van der Waals surface area (Å²) in [5, 5.41) is 1.93. The van der Waals surface area contributed by atoms with E-state index in [4.69, 9.17) is 5.73 Å². The number of thiophene rings is 1. The molecule has 0 aliphatic carbocycles. The van der Waals surface area contributed by atoms with Crippen molar-refractivity contribution in [3.05, 3.63) is 44.1 Å². The van der Waals surface area contributed by atoms with Gasteiger partial charge in [0.15, 0.2) is 0 Å². The van der Waals surface area contributed by atoms with Crippen molar-refractivity contribution < 1.29 is 8.42 Å². The second kappa shape index (κ2) is 6.08. The summed E-state index contributed by atoms with van der Waals surface area (Å²) in [5.41, 5.74) is 7.81. The first-order chi connectivity index (χ1) is 9.73. The molecule has 0 saturated carbocycles. The molecule has 0 radical (unpaired) electrons. The zero-order valence-electron chi connectivity index (χ0n) is 12.1. The van der Waals surface area contributed by atoms with E-state index < -0.39 is 10.0 Å². The van der Waals surface area contributed by atoms with Crippen LogP contribution in [0.15, 0.2) is 32.9 Å². The average molecular weight is 389 g/mol. The van der Waals surface area contributed by atoms with E-state index in [-0.39, 0.29) is 10.6 Å². The van der Waals surface area contributed by atoms with Crippen molar-refractivity contribution in [1.29, 1.82) is 0 Å². The van der Waals surface area contributed by atoms with Crippen LogP contribution in [0.1, 0.15) is 16.0 Å². The van der Waals surface area contributed by atoms with Crippen LogP contribution in [0.25, 0.3) is 0 Å². The molecule has 0 amide bonds. The number of sulfonamides is 1.